The lowest BCUT2D eigenvalue weighted by Gasteiger charge is -2.32. The van der Waals surface area contributed by atoms with Crippen molar-refractivity contribution in [3.63, 3.8) is 0 Å². The molecule has 2 saturated carbocycles. The minimum atomic E-state index is 0.0447. The van der Waals surface area contributed by atoms with E-state index in [2.05, 4.69) is 41.7 Å². The van der Waals surface area contributed by atoms with Crippen LogP contribution in [0.15, 0.2) is 60.7 Å². The molecule has 1 aliphatic heterocycles. The van der Waals surface area contributed by atoms with Crippen LogP contribution in [0, 0.1) is 23.2 Å². The number of piperidine rings is 1. The second-order valence-electron chi connectivity index (χ2n) is 10.3. The number of carbonyl (C=O) groups excluding carboxylic acids is 2. The molecule has 1 heterocycles. The molecule has 4 atom stereocenters. The first-order chi connectivity index (χ1) is 16.1. The Morgan fingerprint density at radius 2 is 1.91 bits per heavy atom. The maximum Gasteiger partial charge on any atom is 0.253 e. The van der Waals surface area contributed by atoms with Crippen LogP contribution in [-0.4, -0.2) is 29.8 Å². The van der Waals surface area contributed by atoms with E-state index in [0.717, 1.165) is 43.6 Å². The molecule has 1 saturated heterocycles. The van der Waals surface area contributed by atoms with Gasteiger partial charge in [0.15, 0.2) is 0 Å². The zero-order valence-corrected chi connectivity index (χ0v) is 18.9. The van der Waals surface area contributed by atoms with Crippen LogP contribution in [0.4, 0.5) is 5.69 Å². The fourth-order valence-electron chi connectivity index (χ4n) is 6.51. The summed E-state index contributed by atoms with van der Waals surface area (Å²) in [6, 6.07) is 15.9. The zero-order valence-electron chi connectivity index (χ0n) is 18.9. The molecule has 4 aliphatic rings. The minimum absolute atomic E-state index is 0.0447. The first-order valence-electron chi connectivity index (χ1n) is 12.3. The zero-order chi connectivity index (χ0) is 22.6. The molecule has 2 aromatic carbocycles. The predicted molar refractivity (Wildman–Crippen MR) is 129 cm³/mol. The van der Waals surface area contributed by atoms with Crippen molar-refractivity contribution in [2.45, 2.75) is 38.1 Å². The number of nitrogens with two attached hydrogens (primary N) is 1. The average molecular weight is 442 g/mol. The van der Waals surface area contributed by atoms with Crippen LogP contribution in [0.5, 0.6) is 0 Å². The first-order valence-corrected chi connectivity index (χ1v) is 12.3. The second kappa shape index (κ2) is 7.84. The van der Waals surface area contributed by atoms with Gasteiger partial charge in [-0.05, 0) is 78.2 Å². The van der Waals surface area contributed by atoms with E-state index < -0.39 is 0 Å². The van der Waals surface area contributed by atoms with Crippen LogP contribution < -0.4 is 11.1 Å². The number of hydrogen-bond donors (Lipinski definition) is 2. The lowest BCUT2D eigenvalue weighted by atomic mass is 9.74. The van der Waals surface area contributed by atoms with E-state index in [1.807, 2.05) is 29.2 Å². The number of nitrogens with zero attached hydrogens (tertiary/aromatic N) is 1. The lowest BCUT2D eigenvalue weighted by Crippen LogP contribution is -2.38. The van der Waals surface area contributed by atoms with Gasteiger partial charge in [0.2, 0.25) is 5.91 Å². The van der Waals surface area contributed by atoms with Crippen molar-refractivity contribution in [2.75, 3.05) is 18.4 Å². The minimum Gasteiger partial charge on any atom is -0.339 e. The Hall–Kier alpha value is -2.92. The number of nitrogens with one attached hydrogen (secondary N) is 1. The molecule has 0 bridgehead atoms. The molecule has 6 rings (SSSR count). The second-order valence-corrected chi connectivity index (χ2v) is 10.3. The van der Waals surface area contributed by atoms with Crippen LogP contribution >= 0.6 is 0 Å². The van der Waals surface area contributed by atoms with Crippen LogP contribution in [0.2, 0.25) is 0 Å². The summed E-state index contributed by atoms with van der Waals surface area (Å²) in [5, 5.41) is 3.09. The summed E-state index contributed by atoms with van der Waals surface area (Å²) in [5.74, 6) is 1.80. The summed E-state index contributed by atoms with van der Waals surface area (Å²) in [6.07, 6.45) is 8.69. The Kier molecular flexibility index (Phi) is 4.91. The van der Waals surface area contributed by atoms with Crippen LogP contribution in [0.1, 0.15) is 53.1 Å². The van der Waals surface area contributed by atoms with E-state index in [9.17, 15) is 9.59 Å². The highest BCUT2D eigenvalue weighted by Crippen LogP contribution is 2.74. The number of allylic oxidation sites excluding steroid dienone is 2. The third kappa shape index (κ3) is 3.50. The predicted octanol–water partition coefficient (Wildman–Crippen LogP) is 4.32. The summed E-state index contributed by atoms with van der Waals surface area (Å²) >= 11 is 0. The van der Waals surface area contributed by atoms with Gasteiger partial charge in [0.25, 0.3) is 5.91 Å². The fourth-order valence-corrected chi connectivity index (χ4v) is 6.51. The molecule has 3 aliphatic carbocycles. The molecule has 170 valence electrons. The number of rotatable bonds is 5. The maximum absolute atomic E-state index is 13.2. The van der Waals surface area contributed by atoms with E-state index in [1.165, 1.54) is 12.0 Å². The molecule has 2 amide bonds. The number of benzene rings is 2. The molecule has 2 aromatic rings. The summed E-state index contributed by atoms with van der Waals surface area (Å²) in [5.41, 5.74) is 9.99. The largest absolute Gasteiger partial charge is 0.339 e. The number of hydrogen-bond acceptors (Lipinski definition) is 3. The Balaban J connectivity index is 1.08. The lowest BCUT2D eigenvalue weighted by molar-refractivity contribution is -0.121. The van der Waals surface area contributed by atoms with Crippen molar-refractivity contribution in [1.29, 1.82) is 0 Å². The van der Waals surface area contributed by atoms with Crippen molar-refractivity contribution >= 4 is 17.5 Å². The van der Waals surface area contributed by atoms with Gasteiger partial charge < -0.3 is 16.0 Å². The summed E-state index contributed by atoms with van der Waals surface area (Å²) in [6.45, 7) is 2.04. The maximum atomic E-state index is 13.2. The molecule has 3 fully saturated rings. The number of likely N-dealkylation sites (tertiary alicyclic amines) is 1. The molecule has 4 unspecified atom stereocenters. The Labute approximate surface area is 195 Å². The van der Waals surface area contributed by atoms with Gasteiger partial charge in [0.05, 0.1) is 0 Å². The first kappa shape index (κ1) is 20.7. The fraction of sp³-hybridized carbons (Fsp3) is 0.429. The summed E-state index contributed by atoms with van der Waals surface area (Å²) < 4.78 is 0. The highest BCUT2D eigenvalue weighted by Gasteiger charge is 2.68. The standard InChI is InChI=1S/C28H31N3O2/c29-17-18-3-1-4-20(13-18)19-8-11-31(12-9-19)27(33)21-5-2-6-23(14-21)30-26(32)24-15-22-16-28(22)10-7-25(24)28/h1-7,10,13-14,19,22,24-25H,8-9,11-12,15-17,29H2,(H,30,32). The SMILES string of the molecule is NCc1cccc(C2CCN(C(=O)c3cccc(NC(=O)C4CC5CC56C=CC46)c3)CC2)c1. The van der Waals surface area contributed by atoms with Crippen LogP contribution in [0.25, 0.3) is 0 Å². The highest BCUT2D eigenvalue weighted by atomic mass is 16.2. The van der Waals surface area contributed by atoms with E-state index in [1.54, 1.807) is 0 Å². The Bertz CT molecular complexity index is 1130. The highest BCUT2D eigenvalue weighted by molar-refractivity contribution is 5.98. The van der Waals surface area contributed by atoms with Gasteiger partial charge in [-0.2, -0.15) is 0 Å². The van der Waals surface area contributed by atoms with E-state index in [-0.39, 0.29) is 17.7 Å². The molecule has 5 heteroatoms. The smallest absolute Gasteiger partial charge is 0.253 e. The third-order valence-electron chi connectivity index (χ3n) is 8.56. The third-order valence-corrected chi connectivity index (χ3v) is 8.56. The van der Waals surface area contributed by atoms with Gasteiger partial charge in [0, 0.05) is 36.8 Å². The van der Waals surface area contributed by atoms with Gasteiger partial charge >= 0.3 is 0 Å². The quantitative estimate of drug-likeness (QED) is 0.679. The molecule has 5 nitrogen and oxygen atoms in total. The molecule has 0 aromatic heterocycles. The van der Waals surface area contributed by atoms with E-state index >= 15 is 0 Å². The van der Waals surface area contributed by atoms with E-state index in [0.29, 0.717) is 35.3 Å². The van der Waals surface area contributed by atoms with Gasteiger partial charge in [-0.25, -0.2) is 0 Å². The van der Waals surface area contributed by atoms with Gasteiger partial charge in [-0.1, -0.05) is 42.5 Å². The molecular weight excluding hydrogens is 410 g/mol. The summed E-state index contributed by atoms with van der Waals surface area (Å²) in [4.78, 5) is 28.0. The van der Waals surface area contributed by atoms with Crippen molar-refractivity contribution in [3.05, 3.63) is 77.4 Å². The van der Waals surface area contributed by atoms with Gasteiger partial charge in [-0.3, -0.25) is 9.59 Å². The normalized spacial score (nSPS) is 29.7. The number of anilines is 1. The molecular formula is C28H31N3O2. The molecule has 1 spiro atoms. The van der Waals surface area contributed by atoms with Gasteiger partial charge in [0.1, 0.15) is 0 Å². The van der Waals surface area contributed by atoms with Crippen molar-refractivity contribution < 1.29 is 9.59 Å². The van der Waals surface area contributed by atoms with Crippen LogP contribution in [-0.2, 0) is 11.3 Å². The summed E-state index contributed by atoms with van der Waals surface area (Å²) in [7, 11) is 0. The number of carbonyl (C=O) groups is 2. The van der Waals surface area contributed by atoms with Crippen molar-refractivity contribution in [1.82, 2.24) is 4.90 Å². The van der Waals surface area contributed by atoms with Crippen molar-refractivity contribution in [2.24, 2.45) is 28.9 Å². The average Bonchev–Trinajstić information content (AvgIpc) is 3.54. The Morgan fingerprint density at radius 3 is 2.64 bits per heavy atom. The van der Waals surface area contributed by atoms with Crippen LogP contribution in [0.3, 0.4) is 0 Å². The number of amides is 2. The van der Waals surface area contributed by atoms with E-state index in [4.69, 9.17) is 5.73 Å². The topological polar surface area (TPSA) is 75.4 Å². The monoisotopic (exact) mass is 441 g/mol. The Morgan fingerprint density at radius 1 is 1.09 bits per heavy atom. The molecule has 3 N–H and O–H groups in total. The molecule has 0 radical (unpaired) electrons. The van der Waals surface area contributed by atoms with Crippen molar-refractivity contribution in [3.8, 4) is 0 Å². The molecule has 33 heavy (non-hydrogen) atoms. The van der Waals surface area contributed by atoms with Gasteiger partial charge in [-0.15, -0.1) is 0 Å².